The van der Waals surface area contributed by atoms with Crippen molar-refractivity contribution in [2.75, 3.05) is 0 Å². The molecule has 0 radical (unpaired) electrons. The van der Waals surface area contributed by atoms with Crippen molar-refractivity contribution < 1.29 is 24.6 Å². The number of ketones is 1. The highest BCUT2D eigenvalue weighted by atomic mass is 16.4. The summed E-state index contributed by atoms with van der Waals surface area (Å²) in [5.41, 5.74) is 0. The van der Waals surface area contributed by atoms with Crippen molar-refractivity contribution in [1.82, 2.24) is 0 Å². The predicted octanol–water partition coefficient (Wildman–Crippen LogP) is 0.141. The van der Waals surface area contributed by atoms with Gasteiger partial charge in [-0.1, -0.05) is 0 Å². The van der Waals surface area contributed by atoms with Crippen LogP contribution < -0.4 is 0 Å². The van der Waals surface area contributed by atoms with E-state index in [9.17, 15) is 14.4 Å². The lowest BCUT2D eigenvalue weighted by molar-refractivity contribution is -0.147. The smallest absolute Gasteiger partial charge is 0.314 e. The number of carboxylic acids is 2. The van der Waals surface area contributed by atoms with Crippen LogP contribution in [0, 0.1) is 11.8 Å². The number of hydrogen-bond acceptors (Lipinski definition) is 3. The Labute approximate surface area is 74.4 Å². The zero-order valence-electron chi connectivity index (χ0n) is 6.90. The molecule has 0 aromatic carbocycles. The van der Waals surface area contributed by atoms with Gasteiger partial charge < -0.3 is 10.2 Å². The Hall–Kier alpha value is -1.39. The summed E-state index contributed by atoms with van der Waals surface area (Å²) >= 11 is 0. The van der Waals surface area contributed by atoms with Gasteiger partial charge in [-0.2, -0.15) is 0 Å². The number of carboxylic acid groups (broad SMARTS) is 2. The summed E-state index contributed by atoms with van der Waals surface area (Å²) in [5.74, 6) is -4.21. The van der Waals surface area contributed by atoms with Gasteiger partial charge in [0, 0.05) is 5.92 Å². The Morgan fingerprint density at radius 1 is 1.31 bits per heavy atom. The van der Waals surface area contributed by atoms with E-state index in [-0.39, 0.29) is 12.8 Å². The van der Waals surface area contributed by atoms with E-state index in [1.807, 2.05) is 0 Å². The largest absolute Gasteiger partial charge is 0.481 e. The first-order chi connectivity index (χ1) is 6.02. The van der Waals surface area contributed by atoms with Gasteiger partial charge in [0.15, 0.2) is 5.78 Å². The molecule has 0 aromatic heterocycles. The van der Waals surface area contributed by atoms with E-state index in [0.29, 0.717) is 6.42 Å². The number of carbonyl (C=O) groups is 3. The second-order valence-corrected chi connectivity index (χ2v) is 3.17. The molecule has 2 N–H and O–H groups in total. The summed E-state index contributed by atoms with van der Waals surface area (Å²) in [4.78, 5) is 32.0. The van der Waals surface area contributed by atoms with Gasteiger partial charge in [-0.05, 0) is 12.8 Å². The molecule has 2 unspecified atom stereocenters. The van der Waals surface area contributed by atoms with Crippen LogP contribution in [0.15, 0.2) is 0 Å². The molecule has 1 fully saturated rings. The maximum atomic E-state index is 11.2. The fourth-order valence-corrected chi connectivity index (χ4v) is 1.60. The first-order valence-corrected chi connectivity index (χ1v) is 4.00. The average Bonchev–Trinajstić information content (AvgIpc) is 2.32. The van der Waals surface area contributed by atoms with E-state index in [4.69, 9.17) is 10.2 Å². The minimum Gasteiger partial charge on any atom is -0.481 e. The Kier molecular flexibility index (Phi) is 2.65. The monoisotopic (exact) mass is 186 g/mol. The highest BCUT2D eigenvalue weighted by Gasteiger charge is 2.39. The topological polar surface area (TPSA) is 91.7 Å². The first-order valence-electron chi connectivity index (χ1n) is 4.00. The van der Waals surface area contributed by atoms with Gasteiger partial charge in [0.05, 0.1) is 6.42 Å². The molecular formula is C8H10O5. The quantitative estimate of drug-likeness (QED) is 0.611. The SMILES string of the molecule is O=C(O)CC1CCC(C(=O)O)C1=O. The van der Waals surface area contributed by atoms with Gasteiger partial charge in [-0.3, -0.25) is 14.4 Å². The lowest BCUT2D eigenvalue weighted by Crippen LogP contribution is -2.23. The Bertz CT molecular complexity index is 257. The van der Waals surface area contributed by atoms with Crippen molar-refractivity contribution in [2.24, 2.45) is 11.8 Å². The summed E-state index contributed by atoms with van der Waals surface area (Å²) in [5, 5.41) is 17.0. The Morgan fingerprint density at radius 3 is 2.31 bits per heavy atom. The van der Waals surface area contributed by atoms with Crippen molar-refractivity contribution in [3.8, 4) is 0 Å². The minimum atomic E-state index is -1.14. The van der Waals surface area contributed by atoms with E-state index in [2.05, 4.69) is 0 Å². The number of hydrogen-bond donors (Lipinski definition) is 2. The van der Waals surface area contributed by atoms with Crippen LogP contribution in [0.25, 0.3) is 0 Å². The van der Waals surface area contributed by atoms with E-state index >= 15 is 0 Å². The summed E-state index contributed by atoms with van der Waals surface area (Å²) in [6.45, 7) is 0. The molecule has 5 heteroatoms. The van der Waals surface area contributed by atoms with Gasteiger partial charge in [0.2, 0.25) is 0 Å². The van der Waals surface area contributed by atoms with Crippen LogP contribution in [0.2, 0.25) is 0 Å². The molecule has 1 rings (SSSR count). The maximum absolute atomic E-state index is 11.2. The normalized spacial score (nSPS) is 27.5. The molecule has 0 saturated heterocycles. The van der Waals surface area contributed by atoms with Crippen molar-refractivity contribution >= 4 is 17.7 Å². The summed E-state index contributed by atoms with van der Waals surface area (Å²) in [6.07, 6.45) is 0.400. The van der Waals surface area contributed by atoms with Crippen LogP contribution in [0.5, 0.6) is 0 Å². The zero-order valence-corrected chi connectivity index (χ0v) is 6.90. The third-order valence-electron chi connectivity index (χ3n) is 2.27. The second kappa shape index (κ2) is 3.55. The van der Waals surface area contributed by atoms with Crippen molar-refractivity contribution in [2.45, 2.75) is 19.3 Å². The number of aliphatic carboxylic acids is 2. The highest BCUT2D eigenvalue weighted by Crippen LogP contribution is 2.29. The number of Topliss-reactive ketones (excluding diaryl/α,β-unsaturated/α-hetero) is 1. The lowest BCUT2D eigenvalue weighted by atomic mass is 10.0. The molecule has 0 amide bonds. The molecule has 0 heterocycles. The van der Waals surface area contributed by atoms with E-state index in [0.717, 1.165) is 0 Å². The van der Waals surface area contributed by atoms with Crippen LogP contribution in [0.1, 0.15) is 19.3 Å². The molecule has 72 valence electrons. The van der Waals surface area contributed by atoms with Crippen LogP contribution in [0.4, 0.5) is 0 Å². The van der Waals surface area contributed by atoms with Gasteiger partial charge in [0.25, 0.3) is 0 Å². The van der Waals surface area contributed by atoms with Gasteiger partial charge in [-0.15, -0.1) is 0 Å². The average molecular weight is 186 g/mol. The molecule has 2 atom stereocenters. The third-order valence-corrected chi connectivity index (χ3v) is 2.27. The summed E-state index contributed by atoms with van der Waals surface area (Å²) in [7, 11) is 0. The molecule has 0 bridgehead atoms. The summed E-state index contributed by atoms with van der Waals surface area (Å²) in [6, 6.07) is 0. The van der Waals surface area contributed by atoms with Crippen LogP contribution in [0.3, 0.4) is 0 Å². The molecule has 1 aliphatic carbocycles. The predicted molar refractivity (Wildman–Crippen MR) is 41.1 cm³/mol. The lowest BCUT2D eigenvalue weighted by Gasteiger charge is -2.03. The molecule has 0 spiro atoms. The van der Waals surface area contributed by atoms with E-state index in [1.165, 1.54) is 0 Å². The second-order valence-electron chi connectivity index (χ2n) is 3.17. The van der Waals surface area contributed by atoms with Crippen LogP contribution in [-0.2, 0) is 14.4 Å². The molecule has 1 saturated carbocycles. The first kappa shape index (κ1) is 9.70. The zero-order chi connectivity index (χ0) is 10.0. The van der Waals surface area contributed by atoms with E-state index in [1.54, 1.807) is 0 Å². The fraction of sp³-hybridized carbons (Fsp3) is 0.625. The van der Waals surface area contributed by atoms with Crippen molar-refractivity contribution in [3.63, 3.8) is 0 Å². The van der Waals surface area contributed by atoms with Crippen LogP contribution in [-0.4, -0.2) is 27.9 Å². The maximum Gasteiger partial charge on any atom is 0.314 e. The standard InChI is InChI=1S/C8H10O5/c9-6(10)3-4-1-2-5(7(4)11)8(12)13/h4-5H,1-3H2,(H,9,10)(H,12,13). The van der Waals surface area contributed by atoms with Crippen LogP contribution >= 0.6 is 0 Å². The highest BCUT2D eigenvalue weighted by molar-refractivity contribution is 6.01. The Balaban J connectivity index is 2.60. The molecule has 1 aliphatic rings. The molecular weight excluding hydrogens is 176 g/mol. The van der Waals surface area contributed by atoms with Crippen molar-refractivity contribution in [1.29, 1.82) is 0 Å². The molecule has 0 aromatic rings. The van der Waals surface area contributed by atoms with Crippen molar-refractivity contribution in [3.05, 3.63) is 0 Å². The number of carbonyl (C=O) groups excluding carboxylic acids is 1. The van der Waals surface area contributed by atoms with E-state index < -0.39 is 29.6 Å². The minimum absolute atomic E-state index is 0.247. The number of rotatable bonds is 3. The third kappa shape index (κ3) is 2.05. The van der Waals surface area contributed by atoms with Gasteiger partial charge in [0.1, 0.15) is 5.92 Å². The summed E-state index contributed by atoms with van der Waals surface area (Å²) < 4.78 is 0. The molecule has 5 nitrogen and oxygen atoms in total. The Morgan fingerprint density at radius 2 is 1.92 bits per heavy atom. The fourth-order valence-electron chi connectivity index (χ4n) is 1.60. The van der Waals surface area contributed by atoms with Gasteiger partial charge in [-0.25, -0.2) is 0 Å². The van der Waals surface area contributed by atoms with Gasteiger partial charge >= 0.3 is 11.9 Å². The molecule has 13 heavy (non-hydrogen) atoms. The molecule has 0 aliphatic heterocycles.